The first-order valence-electron chi connectivity index (χ1n) is 6.49. The Labute approximate surface area is 104 Å². The van der Waals surface area contributed by atoms with E-state index in [2.05, 4.69) is 32.0 Å². The fourth-order valence-corrected chi connectivity index (χ4v) is 2.10. The third kappa shape index (κ3) is 5.03. The van der Waals surface area contributed by atoms with Gasteiger partial charge < -0.3 is 5.11 Å². The highest BCUT2D eigenvalue weighted by molar-refractivity contribution is 5.67. The van der Waals surface area contributed by atoms with Crippen LogP contribution in [-0.4, -0.2) is 11.1 Å². The Morgan fingerprint density at radius 3 is 1.71 bits per heavy atom. The largest absolute Gasteiger partial charge is 0.481 e. The maximum atomic E-state index is 10.6. The van der Waals surface area contributed by atoms with E-state index in [9.17, 15) is 4.79 Å². The molecule has 94 valence electrons. The quantitative estimate of drug-likeness (QED) is 0.782. The first-order chi connectivity index (χ1) is 8.15. The van der Waals surface area contributed by atoms with Gasteiger partial charge in [-0.25, -0.2) is 0 Å². The highest BCUT2D eigenvalue weighted by Crippen LogP contribution is 2.15. The predicted octanol–water partition coefficient (Wildman–Crippen LogP) is 3.61. The molecule has 17 heavy (non-hydrogen) atoms. The second kappa shape index (κ2) is 7.10. The lowest BCUT2D eigenvalue weighted by Crippen LogP contribution is -1.99. The minimum absolute atomic E-state index is 0.223. The highest BCUT2D eigenvalue weighted by atomic mass is 16.4. The average molecular weight is 234 g/mol. The van der Waals surface area contributed by atoms with Crippen LogP contribution in [0.2, 0.25) is 0 Å². The molecule has 0 aliphatic carbocycles. The van der Waals surface area contributed by atoms with Crippen molar-refractivity contribution in [3.63, 3.8) is 0 Å². The van der Waals surface area contributed by atoms with Crippen molar-refractivity contribution in [1.29, 1.82) is 0 Å². The zero-order valence-electron chi connectivity index (χ0n) is 10.8. The summed E-state index contributed by atoms with van der Waals surface area (Å²) in [7, 11) is 0. The van der Waals surface area contributed by atoms with Crippen molar-refractivity contribution in [2.45, 2.75) is 52.4 Å². The number of carboxylic acids is 1. The molecule has 0 bridgehead atoms. The molecule has 0 spiro atoms. The smallest absolute Gasteiger partial charge is 0.303 e. The van der Waals surface area contributed by atoms with Gasteiger partial charge in [0.15, 0.2) is 0 Å². The van der Waals surface area contributed by atoms with Crippen LogP contribution in [0.4, 0.5) is 0 Å². The number of carboxylic acid groups (broad SMARTS) is 1. The van der Waals surface area contributed by atoms with Crippen molar-refractivity contribution in [3.05, 3.63) is 34.9 Å². The normalized spacial score (nSPS) is 10.5. The molecule has 1 aromatic carbocycles. The number of aryl methyl sites for hydroxylation is 3. The Hall–Kier alpha value is -1.31. The number of carbonyl (C=O) groups is 1. The summed E-state index contributed by atoms with van der Waals surface area (Å²) in [6, 6.07) is 6.58. The molecule has 0 radical (unpaired) electrons. The minimum Gasteiger partial charge on any atom is -0.481 e. The van der Waals surface area contributed by atoms with Crippen molar-refractivity contribution in [1.82, 2.24) is 0 Å². The van der Waals surface area contributed by atoms with Crippen LogP contribution in [0.25, 0.3) is 0 Å². The zero-order chi connectivity index (χ0) is 12.7. The number of hydrogen-bond donors (Lipinski definition) is 1. The SMILES string of the molecule is CCCc1cc(CCC)cc(CCC(=O)O)c1. The Kier molecular flexibility index (Phi) is 5.75. The van der Waals surface area contributed by atoms with Crippen LogP contribution in [0.3, 0.4) is 0 Å². The lowest BCUT2D eigenvalue weighted by molar-refractivity contribution is -0.136. The molecule has 0 aromatic heterocycles. The van der Waals surface area contributed by atoms with Gasteiger partial charge in [-0.3, -0.25) is 4.79 Å². The van der Waals surface area contributed by atoms with Gasteiger partial charge in [0, 0.05) is 6.42 Å². The van der Waals surface area contributed by atoms with Gasteiger partial charge in [0.1, 0.15) is 0 Å². The number of hydrogen-bond acceptors (Lipinski definition) is 1. The molecule has 0 heterocycles. The molecule has 0 aliphatic rings. The molecular formula is C15H22O2. The summed E-state index contributed by atoms with van der Waals surface area (Å²) < 4.78 is 0. The van der Waals surface area contributed by atoms with Crippen LogP contribution < -0.4 is 0 Å². The van der Waals surface area contributed by atoms with Gasteiger partial charge in [0.05, 0.1) is 0 Å². The van der Waals surface area contributed by atoms with Gasteiger partial charge >= 0.3 is 5.97 Å². The summed E-state index contributed by atoms with van der Waals surface area (Å²) in [5, 5.41) is 8.72. The molecule has 0 saturated carbocycles. The molecule has 0 unspecified atom stereocenters. The Morgan fingerprint density at radius 1 is 0.941 bits per heavy atom. The maximum Gasteiger partial charge on any atom is 0.303 e. The van der Waals surface area contributed by atoms with Gasteiger partial charge in [-0.05, 0) is 36.0 Å². The van der Waals surface area contributed by atoms with Crippen molar-refractivity contribution in [2.75, 3.05) is 0 Å². The van der Waals surface area contributed by atoms with E-state index in [0.29, 0.717) is 6.42 Å². The van der Waals surface area contributed by atoms with Crippen LogP contribution in [0, 0.1) is 0 Å². The molecule has 0 saturated heterocycles. The first-order valence-corrected chi connectivity index (χ1v) is 6.49. The third-order valence-corrected chi connectivity index (χ3v) is 2.82. The van der Waals surface area contributed by atoms with E-state index in [1.807, 2.05) is 0 Å². The van der Waals surface area contributed by atoms with E-state index in [1.165, 1.54) is 16.7 Å². The predicted molar refractivity (Wildman–Crippen MR) is 70.4 cm³/mol. The molecule has 0 atom stereocenters. The van der Waals surface area contributed by atoms with E-state index in [4.69, 9.17) is 5.11 Å². The lowest BCUT2D eigenvalue weighted by Gasteiger charge is -2.08. The molecule has 0 fully saturated rings. The molecule has 0 aliphatic heterocycles. The second-order valence-electron chi connectivity index (χ2n) is 4.55. The summed E-state index contributed by atoms with van der Waals surface area (Å²) in [5.41, 5.74) is 3.86. The maximum absolute atomic E-state index is 10.6. The van der Waals surface area contributed by atoms with Crippen LogP contribution in [0.15, 0.2) is 18.2 Å². The standard InChI is InChI=1S/C15H22O2/c1-3-5-12-9-13(6-4-2)11-14(10-12)7-8-15(16)17/h9-11H,3-8H2,1-2H3,(H,16,17). The Bertz CT molecular complexity index is 345. The van der Waals surface area contributed by atoms with Gasteiger partial charge in [0.2, 0.25) is 0 Å². The van der Waals surface area contributed by atoms with Gasteiger partial charge in [-0.1, -0.05) is 44.9 Å². The Morgan fingerprint density at radius 2 is 1.35 bits per heavy atom. The monoisotopic (exact) mass is 234 g/mol. The zero-order valence-corrected chi connectivity index (χ0v) is 10.8. The molecule has 2 nitrogen and oxygen atoms in total. The summed E-state index contributed by atoms with van der Waals surface area (Å²) in [6.45, 7) is 4.34. The summed E-state index contributed by atoms with van der Waals surface area (Å²) in [5.74, 6) is -0.720. The van der Waals surface area contributed by atoms with Gasteiger partial charge in [-0.15, -0.1) is 0 Å². The average Bonchev–Trinajstić information content (AvgIpc) is 2.27. The third-order valence-electron chi connectivity index (χ3n) is 2.82. The number of rotatable bonds is 7. The molecule has 1 aromatic rings. The topological polar surface area (TPSA) is 37.3 Å². The van der Waals surface area contributed by atoms with Crippen LogP contribution >= 0.6 is 0 Å². The van der Waals surface area contributed by atoms with Crippen molar-refractivity contribution >= 4 is 5.97 Å². The number of benzene rings is 1. The van der Waals surface area contributed by atoms with E-state index in [1.54, 1.807) is 0 Å². The van der Waals surface area contributed by atoms with Crippen LogP contribution in [0.1, 0.15) is 49.8 Å². The summed E-state index contributed by atoms with van der Waals surface area (Å²) >= 11 is 0. The van der Waals surface area contributed by atoms with Crippen molar-refractivity contribution < 1.29 is 9.90 Å². The summed E-state index contributed by atoms with van der Waals surface area (Å²) in [6.07, 6.45) is 5.29. The summed E-state index contributed by atoms with van der Waals surface area (Å²) in [4.78, 5) is 10.6. The molecule has 0 amide bonds. The Balaban J connectivity index is 2.82. The van der Waals surface area contributed by atoms with E-state index in [0.717, 1.165) is 25.7 Å². The minimum atomic E-state index is -0.720. The van der Waals surface area contributed by atoms with Crippen LogP contribution in [0.5, 0.6) is 0 Å². The lowest BCUT2D eigenvalue weighted by atomic mass is 9.98. The highest BCUT2D eigenvalue weighted by Gasteiger charge is 2.03. The van der Waals surface area contributed by atoms with E-state index in [-0.39, 0.29) is 6.42 Å². The van der Waals surface area contributed by atoms with E-state index < -0.39 is 5.97 Å². The molecule has 1 rings (SSSR count). The van der Waals surface area contributed by atoms with Crippen molar-refractivity contribution in [3.8, 4) is 0 Å². The number of aliphatic carboxylic acids is 1. The fourth-order valence-electron chi connectivity index (χ4n) is 2.10. The van der Waals surface area contributed by atoms with Gasteiger partial charge in [0.25, 0.3) is 0 Å². The molecular weight excluding hydrogens is 212 g/mol. The fraction of sp³-hybridized carbons (Fsp3) is 0.533. The van der Waals surface area contributed by atoms with Gasteiger partial charge in [-0.2, -0.15) is 0 Å². The molecule has 2 heteroatoms. The van der Waals surface area contributed by atoms with Crippen molar-refractivity contribution in [2.24, 2.45) is 0 Å². The van der Waals surface area contributed by atoms with E-state index >= 15 is 0 Å². The first kappa shape index (κ1) is 13.8. The van der Waals surface area contributed by atoms with Crippen LogP contribution in [-0.2, 0) is 24.1 Å². The molecule has 1 N–H and O–H groups in total. The second-order valence-corrected chi connectivity index (χ2v) is 4.55.